The van der Waals surface area contributed by atoms with Crippen molar-refractivity contribution in [3.8, 4) is 11.4 Å². The maximum atomic E-state index is 5.73. The van der Waals surface area contributed by atoms with Crippen molar-refractivity contribution < 1.29 is 0 Å². The van der Waals surface area contributed by atoms with Gasteiger partial charge in [-0.05, 0) is 24.6 Å². The van der Waals surface area contributed by atoms with E-state index in [2.05, 4.69) is 19.9 Å². The Labute approximate surface area is 86.0 Å². The Bertz CT molecular complexity index is 424. The molecule has 0 aliphatic carbocycles. The number of aromatic nitrogens is 4. The molecule has 0 spiro atoms. The van der Waals surface area contributed by atoms with Gasteiger partial charge in [0.1, 0.15) is 5.69 Å². The van der Waals surface area contributed by atoms with Gasteiger partial charge in [0, 0.05) is 18.1 Å². The molecule has 0 atom stereocenters. The van der Waals surface area contributed by atoms with Gasteiger partial charge in [0.05, 0.1) is 11.9 Å². The Morgan fingerprint density at radius 3 is 2.64 bits per heavy atom. The molecule has 2 aromatic rings. The van der Waals surface area contributed by atoms with Crippen LogP contribution in [-0.2, 0) is 0 Å². The van der Waals surface area contributed by atoms with E-state index in [-0.39, 0.29) is 5.28 Å². The average Bonchev–Trinajstić information content (AvgIpc) is 2.18. The summed E-state index contributed by atoms with van der Waals surface area (Å²) >= 11 is 5.73. The fourth-order valence-electron chi connectivity index (χ4n) is 1.09. The number of hydrogen-bond donors (Lipinski definition) is 0. The predicted octanol–water partition coefficient (Wildman–Crippen LogP) is 1.90. The van der Waals surface area contributed by atoms with Gasteiger partial charge in [-0.25, -0.2) is 9.97 Å². The molecule has 0 amide bonds. The van der Waals surface area contributed by atoms with Crippen LogP contribution in [0.15, 0.2) is 24.7 Å². The Morgan fingerprint density at radius 1 is 1.14 bits per heavy atom. The third-order valence-electron chi connectivity index (χ3n) is 1.65. The standard InChI is InChI=1S/C9H7ClN4/c1-6-4-7(14-9(10)13-6)8-5-11-2-3-12-8/h2-5H,1H3. The molecule has 0 saturated heterocycles. The highest BCUT2D eigenvalue weighted by Gasteiger charge is 2.03. The first-order valence-electron chi connectivity index (χ1n) is 4.03. The first kappa shape index (κ1) is 9.02. The second-order valence-corrected chi connectivity index (χ2v) is 3.09. The van der Waals surface area contributed by atoms with Crippen LogP contribution in [0.3, 0.4) is 0 Å². The minimum Gasteiger partial charge on any atom is -0.261 e. The minimum atomic E-state index is 0.227. The fraction of sp³-hybridized carbons (Fsp3) is 0.111. The molecule has 0 aliphatic rings. The number of halogens is 1. The number of hydrogen-bond acceptors (Lipinski definition) is 4. The van der Waals surface area contributed by atoms with Crippen molar-refractivity contribution in [3.05, 3.63) is 35.6 Å². The molecular weight excluding hydrogens is 200 g/mol. The van der Waals surface area contributed by atoms with Gasteiger partial charge in [-0.15, -0.1) is 0 Å². The van der Waals surface area contributed by atoms with Crippen molar-refractivity contribution in [3.63, 3.8) is 0 Å². The summed E-state index contributed by atoms with van der Waals surface area (Å²) < 4.78 is 0. The summed E-state index contributed by atoms with van der Waals surface area (Å²) in [6.07, 6.45) is 4.86. The van der Waals surface area contributed by atoms with Crippen molar-refractivity contribution in [2.45, 2.75) is 6.92 Å². The van der Waals surface area contributed by atoms with Gasteiger partial charge in [0.25, 0.3) is 0 Å². The highest BCUT2D eigenvalue weighted by Crippen LogP contribution is 2.15. The Hall–Kier alpha value is -1.55. The van der Waals surface area contributed by atoms with Crippen LogP contribution in [0.25, 0.3) is 11.4 Å². The van der Waals surface area contributed by atoms with Gasteiger partial charge in [-0.1, -0.05) is 0 Å². The van der Waals surface area contributed by atoms with E-state index in [0.29, 0.717) is 11.4 Å². The molecule has 2 aromatic heterocycles. The van der Waals surface area contributed by atoms with Crippen LogP contribution in [0.5, 0.6) is 0 Å². The van der Waals surface area contributed by atoms with Crippen LogP contribution in [-0.4, -0.2) is 19.9 Å². The first-order valence-corrected chi connectivity index (χ1v) is 4.41. The van der Waals surface area contributed by atoms with Gasteiger partial charge in [0.15, 0.2) is 0 Å². The van der Waals surface area contributed by atoms with Crippen molar-refractivity contribution in [2.75, 3.05) is 0 Å². The monoisotopic (exact) mass is 206 g/mol. The third-order valence-corrected chi connectivity index (χ3v) is 1.82. The van der Waals surface area contributed by atoms with Crippen LogP contribution in [0.4, 0.5) is 0 Å². The van der Waals surface area contributed by atoms with E-state index in [1.54, 1.807) is 18.6 Å². The van der Waals surface area contributed by atoms with Gasteiger partial charge in [-0.3, -0.25) is 9.97 Å². The van der Waals surface area contributed by atoms with Crippen molar-refractivity contribution in [2.24, 2.45) is 0 Å². The molecule has 14 heavy (non-hydrogen) atoms. The van der Waals surface area contributed by atoms with Gasteiger partial charge < -0.3 is 0 Å². The lowest BCUT2D eigenvalue weighted by atomic mass is 10.3. The van der Waals surface area contributed by atoms with E-state index in [0.717, 1.165) is 5.69 Å². The zero-order valence-corrected chi connectivity index (χ0v) is 8.23. The van der Waals surface area contributed by atoms with Crippen LogP contribution in [0, 0.1) is 6.92 Å². The molecule has 4 nitrogen and oxygen atoms in total. The van der Waals surface area contributed by atoms with Gasteiger partial charge >= 0.3 is 0 Å². The van der Waals surface area contributed by atoms with Gasteiger partial charge in [0.2, 0.25) is 5.28 Å². The predicted molar refractivity (Wildman–Crippen MR) is 52.8 cm³/mol. The topological polar surface area (TPSA) is 51.6 Å². The summed E-state index contributed by atoms with van der Waals surface area (Å²) in [5, 5.41) is 0.227. The number of rotatable bonds is 1. The molecule has 0 bridgehead atoms. The molecule has 5 heteroatoms. The second-order valence-electron chi connectivity index (χ2n) is 2.75. The molecular formula is C9H7ClN4. The summed E-state index contributed by atoms with van der Waals surface area (Å²) in [6.45, 7) is 1.85. The molecule has 2 heterocycles. The molecule has 0 fully saturated rings. The zero-order valence-electron chi connectivity index (χ0n) is 7.48. The molecule has 0 saturated carbocycles. The highest BCUT2D eigenvalue weighted by molar-refractivity contribution is 6.28. The maximum Gasteiger partial charge on any atom is 0.223 e. The third kappa shape index (κ3) is 1.85. The molecule has 0 radical (unpaired) electrons. The van der Waals surface area contributed by atoms with Crippen molar-refractivity contribution in [1.82, 2.24) is 19.9 Å². The molecule has 0 aliphatic heterocycles. The highest BCUT2D eigenvalue weighted by atomic mass is 35.5. The lowest BCUT2D eigenvalue weighted by molar-refractivity contribution is 1.09. The summed E-state index contributed by atoms with van der Waals surface area (Å²) in [5.74, 6) is 0. The Morgan fingerprint density at radius 2 is 2.00 bits per heavy atom. The SMILES string of the molecule is Cc1cc(-c2cnccn2)nc(Cl)n1. The average molecular weight is 207 g/mol. The summed E-state index contributed by atoms with van der Waals surface area (Å²) in [6, 6.07) is 1.82. The number of aryl methyl sites for hydroxylation is 1. The molecule has 0 unspecified atom stereocenters. The molecule has 0 aromatic carbocycles. The molecule has 0 N–H and O–H groups in total. The van der Waals surface area contributed by atoms with Crippen LogP contribution >= 0.6 is 11.6 Å². The number of nitrogens with zero attached hydrogens (tertiary/aromatic N) is 4. The lowest BCUT2D eigenvalue weighted by Crippen LogP contribution is -1.92. The van der Waals surface area contributed by atoms with E-state index in [9.17, 15) is 0 Å². The Balaban J connectivity index is 2.52. The molecule has 70 valence electrons. The summed E-state index contributed by atoms with van der Waals surface area (Å²) in [7, 11) is 0. The zero-order chi connectivity index (χ0) is 9.97. The quantitative estimate of drug-likeness (QED) is 0.669. The summed E-state index contributed by atoms with van der Waals surface area (Å²) in [5.41, 5.74) is 2.20. The second kappa shape index (κ2) is 3.67. The maximum absolute atomic E-state index is 5.73. The van der Waals surface area contributed by atoms with E-state index in [1.807, 2.05) is 13.0 Å². The first-order chi connectivity index (χ1) is 6.75. The van der Waals surface area contributed by atoms with Crippen LogP contribution in [0.1, 0.15) is 5.69 Å². The molecule has 2 rings (SSSR count). The summed E-state index contributed by atoms with van der Waals surface area (Å²) in [4.78, 5) is 16.1. The van der Waals surface area contributed by atoms with Gasteiger partial charge in [-0.2, -0.15) is 0 Å². The van der Waals surface area contributed by atoms with E-state index in [1.165, 1.54) is 0 Å². The smallest absolute Gasteiger partial charge is 0.223 e. The van der Waals surface area contributed by atoms with Crippen molar-refractivity contribution >= 4 is 11.6 Å². The van der Waals surface area contributed by atoms with Crippen LogP contribution < -0.4 is 0 Å². The lowest BCUT2D eigenvalue weighted by Gasteiger charge is -2.00. The largest absolute Gasteiger partial charge is 0.261 e. The van der Waals surface area contributed by atoms with E-state index in [4.69, 9.17) is 11.6 Å². The fourth-order valence-corrected chi connectivity index (χ4v) is 1.32. The minimum absolute atomic E-state index is 0.227. The Kier molecular flexibility index (Phi) is 2.37. The normalized spacial score (nSPS) is 10.1. The van der Waals surface area contributed by atoms with Crippen molar-refractivity contribution in [1.29, 1.82) is 0 Å². The van der Waals surface area contributed by atoms with E-state index >= 15 is 0 Å². The van der Waals surface area contributed by atoms with Crippen LogP contribution in [0.2, 0.25) is 5.28 Å². The van der Waals surface area contributed by atoms with E-state index < -0.39 is 0 Å².